The van der Waals surface area contributed by atoms with Gasteiger partial charge >= 0.3 is 5.97 Å². The average molecular weight is 330 g/mol. The molecule has 22 heavy (non-hydrogen) atoms. The van der Waals surface area contributed by atoms with E-state index in [0.717, 1.165) is 38.3 Å². The summed E-state index contributed by atoms with van der Waals surface area (Å²) in [5.41, 5.74) is -0.278. The zero-order valence-corrected chi connectivity index (χ0v) is 13.3. The lowest BCUT2D eigenvalue weighted by Crippen LogP contribution is -2.31. The predicted molar refractivity (Wildman–Crippen MR) is 78.5 cm³/mol. The first kappa shape index (κ1) is 16.9. The van der Waals surface area contributed by atoms with Gasteiger partial charge in [0.1, 0.15) is 5.82 Å². The molecule has 1 aliphatic heterocycles. The number of hydrogen-bond donors (Lipinski definition) is 1. The van der Waals surface area contributed by atoms with Crippen LogP contribution in [-0.2, 0) is 14.8 Å². The topological polar surface area (TPSA) is 75.7 Å². The Balaban J connectivity index is 2.36. The quantitative estimate of drug-likeness (QED) is 0.810. The summed E-state index contributed by atoms with van der Waals surface area (Å²) in [6, 6.07) is 3.03. The first-order chi connectivity index (χ1) is 10.4. The first-order valence-corrected chi connectivity index (χ1v) is 8.36. The number of ether oxygens (including phenoxy) is 1. The van der Waals surface area contributed by atoms with Crippen LogP contribution in [0.4, 0.5) is 4.39 Å². The predicted octanol–water partition coefficient (Wildman–Crippen LogP) is 0.842. The number of carbonyl (C=O) groups is 1. The molecule has 1 unspecified atom stereocenters. The Labute approximate surface area is 129 Å². The molecule has 1 heterocycles. The molecule has 8 heteroatoms. The van der Waals surface area contributed by atoms with E-state index in [1.54, 1.807) is 0 Å². The molecule has 6 nitrogen and oxygen atoms in total. The first-order valence-electron chi connectivity index (χ1n) is 6.92. The molecule has 0 saturated carbocycles. The molecule has 1 N–H and O–H groups in total. The van der Waals surface area contributed by atoms with Gasteiger partial charge in [0.25, 0.3) is 0 Å². The number of hydrogen-bond acceptors (Lipinski definition) is 5. The van der Waals surface area contributed by atoms with Crippen molar-refractivity contribution < 1.29 is 22.3 Å². The summed E-state index contributed by atoms with van der Waals surface area (Å²) in [6.45, 7) is 1.48. The van der Waals surface area contributed by atoms with Crippen molar-refractivity contribution in [2.24, 2.45) is 5.92 Å². The fourth-order valence-electron chi connectivity index (χ4n) is 2.61. The highest BCUT2D eigenvalue weighted by atomic mass is 32.2. The maximum absolute atomic E-state index is 13.3. The van der Waals surface area contributed by atoms with E-state index in [4.69, 9.17) is 0 Å². The van der Waals surface area contributed by atoms with Crippen LogP contribution in [0.1, 0.15) is 16.8 Å². The Hall–Kier alpha value is -1.51. The molecule has 0 aliphatic carbocycles. The van der Waals surface area contributed by atoms with Gasteiger partial charge in [0.15, 0.2) is 0 Å². The van der Waals surface area contributed by atoms with Gasteiger partial charge in [-0.15, -0.1) is 0 Å². The number of rotatable bonds is 5. The van der Waals surface area contributed by atoms with E-state index in [1.165, 1.54) is 4.31 Å². The van der Waals surface area contributed by atoms with Crippen LogP contribution in [0.3, 0.4) is 0 Å². The number of benzene rings is 1. The summed E-state index contributed by atoms with van der Waals surface area (Å²) < 4.78 is 44.7. The third-order valence-electron chi connectivity index (χ3n) is 3.71. The number of methoxy groups -OCH3 is 1. The molecular formula is C14H19FN2O4S. The summed E-state index contributed by atoms with van der Waals surface area (Å²) in [6.07, 6.45) is 0.745. The molecule has 0 aromatic heterocycles. The molecular weight excluding hydrogens is 311 g/mol. The van der Waals surface area contributed by atoms with Gasteiger partial charge in [0.05, 0.1) is 17.6 Å². The fraction of sp³-hybridized carbons (Fsp3) is 0.500. The minimum Gasteiger partial charge on any atom is -0.465 e. The number of carbonyl (C=O) groups excluding carboxylic acids is 1. The van der Waals surface area contributed by atoms with Crippen molar-refractivity contribution in [2.75, 3.05) is 33.8 Å². The summed E-state index contributed by atoms with van der Waals surface area (Å²) in [5, 5.41) is 3.02. The molecule has 0 bridgehead atoms. The van der Waals surface area contributed by atoms with E-state index >= 15 is 0 Å². The van der Waals surface area contributed by atoms with Crippen molar-refractivity contribution in [3.63, 3.8) is 0 Å². The molecule has 0 amide bonds. The Bertz CT molecular complexity index is 663. The van der Waals surface area contributed by atoms with Gasteiger partial charge in [-0.1, -0.05) is 0 Å². The number of halogens is 1. The second-order valence-corrected chi connectivity index (χ2v) is 7.11. The molecule has 0 spiro atoms. The standard InChI is InChI=1S/C14H19FN2O4S/c1-16-8-10-5-6-17(9-10)22(19,20)13-4-3-11(15)7-12(13)14(18)21-2/h3-4,7,10,16H,5-6,8-9H2,1-2H3. The van der Waals surface area contributed by atoms with Crippen molar-refractivity contribution in [1.82, 2.24) is 9.62 Å². The van der Waals surface area contributed by atoms with Crippen LogP contribution >= 0.6 is 0 Å². The second kappa shape index (κ2) is 6.72. The van der Waals surface area contributed by atoms with Crippen molar-refractivity contribution in [3.05, 3.63) is 29.6 Å². The van der Waals surface area contributed by atoms with Crippen molar-refractivity contribution >= 4 is 16.0 Å². The van der Waals surface area contributed by atoms with Crippen LogP contribution in [0.2, 0.25) is 0 Å². The molecule has 1 fully saturated rings. The molecule has 1 aliphatic rings. The highest BCUT2D eigenvalue weighted by Crippen LogP contribution is 2.27. The van der Waals surface area contributed by atoms with Crippen LogP contribution in [0.5, 0.6) is 0 Å². The van der Waals surface area contributed by atoms with Gasteiger partial charge in [0.2, 0.25) is 10.0 Å². The van der Waals surface area contributed by atoms with Crippen molar-refractivity contribution in [1.29, 1.82) is 0 Å². The van der Waals surface area contributed by atoms with Gasteiger partial charge < -0.3 is 10.1 Å². The van der Waals surface area contributed by atoms with E-state index in [1.807, 2.05) is 7.05 Å². The van der Waals surface area contributed by atoms with Gasteiger partial charge in [-0.25, -0.2) is 17.6 Å². The monoisotopic (exact) mass is 330 g/mol. The summed E-state index contributed by atoms with van der Waals surface area (Å²) >= 11 is 0. The molecule has 1 saturated heterocycles. The fourth-order valence-corrected chi connectivity index (χ4v) is 4.30. The van der Waals surface area contributed by atoms with E-state index in [9.17, 15) is 17.6 Å². The van der Waals surface area contributed by atoms with E-state index in [2.05, 4.69) is 10.1 Å². The number of esters is 1. The lowest BCUT2D eigenvalue weighted by atomic mass is 10.1. The molecule has 122 valence electrons. The third-order valence-corrected chi connectivity index (χ3v) is 5.63. The van der Waals surface area contributed by atoms with Crippen LogP contribution in [0.25, 0.3) is 0 Å². The molecule has 1 aromatic carbocycles. The molecule has 1 atom stereocenters. The number of sulfonamides is 1. The lowest BCUT2D eigenvalue weighted by molar-refractivity contribution is 0.0595. The Morgan fingerprint density at radius 1 is 1.50 bits per heavy atom. The number of nitrogens with zero attached hydrogens (tertiary/aromatic N) is 1. The second-order valence-electron chi connectivity index (χ2n) is 5.21. The average Bonchev–Trinajstić information content (AvgIpc) is 2.96. The Kier molecular flexibility index (Phi) is 5.15. The van der Waals surface area contributed by atoms with Crippen LogP contribution in [-0.4, -0.2) is 52.5 Å². The lowest BCUT2D eigenvalue weighted by Gasteiger charge is -2.18. The summed E-state index contributed by atoms with van der Waals surface area (Å²) in [7, 11) is -0.915. The maximum atomic E-state index is 13.3. The van der Waals surface area contributed by atoms with Crippen LogP contribution in [0, 0.1) is 11.7 Å². The van der Waals surface area contributed by atoms with Crippen LogP contribution < -0.4 is 5.32 Å². The Morgan fingerprint density at radius 3 is 2.86 bits per heavy atom. The van der Waals surface area contributed by atoms with Crippen molar-refractivity contribution in [3.8, 4) is 0 Å². The highest BCUT2D eigenvalue weighted by Gasteiger charge is 2.34. The molecule has 1 aromatic rings. The molecule has 0 radical (unpaired) electrons. The summed E-state index contributed by atoms with van der Waals surface area (Å²) in [5.74, 6) is -1.33. The zero-order chi connectivity index (χ0) is 16.3. The highest BCUT2D eigenvalue weighted by molar-refractivity contribution is 7.89. The minimum atomic E-state index is -3.85. The maximum Gasteiger partial charge on any atom is 0.339 e. The Morgan fingerprint density at radius 2 is 2.23 bits per heavy atom. The largest absolute Gasteiger partial charge is 0.465 e. The van der Waals surface area contributed by atoms with E-state index < -0.39 is 21.8 Å². The van der Waals surface area contributed by atoms with Gasteiger partial charge in [0, 0.05) is 13.1 Å². The molecule has 2 rings (SSSR count). The normalized spacial score (nSPS) is 19.3. The van der Waals surface area contributed by atoms with Gasteiger partial charge in [-0.2, -0.15) is 4.31 Å². The van der Waals surface area contributed by atoms with Crippen LogP contribution in [0.15, 0.2) is 23.1 Å². The smallest absolute Gasteiger partial charge is 0.339 e. The minimum absolute atomic E-state index is 0.217. The van der Waals surface area contributed by atoms with E-state index in [0.29, 0.717) is 13.1 Å². The SMILES string of the molecule is CNCC1CCN(S(=O)(=O)c2ccc(F)cc2C(=O)OC)C1. The third kappa shape index (κ3) is 3.29. The summed E-state index contributed by atoms with van der Waals surface area (Å²) in [4.78, 5) is 11.5. The zero-order valence-electron chi connectivity index (χ0n) is 12.5. The van der Waals surface area contributed by atoms with Crippen molar-refractivity contribution in [2.45, 2.75) is 11.3 Å². The van der Waals surface area contributed by atoms with E-state index in [-0.39, 0.29) is 16.4 Å². The number of nitrogens with one attached hydrogen (secondary N) is 1. The van der Waals surface area contributed by atoms with Gasteiger partial charge in [-0.3, -0.25) is 0 Å². The van der Waals surface area contributed by atoms with Gasteiger partial charge in [-0.05, 0) is 44.1 Å².